The third-order valence-corrected chi connectivity index (χ3v) is 13.3. The topological polar surface area (TPSA) is 225 Å². The molecule has 0 saturated heterocycles. The highest BCUT2D eigenvalue weighted by Gasteiger charge is 2.33. The van der Waals surface area contributed by atoms with Crippen molar-refractivity contribution in [2.45, 2.75) is 42.2 Å². The number of rotatable bonds is 12. The van der Waals surface area contributed by atoms with Gasteiger partial charge in [0.05, 0.1) is 42.6 Å². The summed E-state index contributed by atoms with van der Waals surface area (Å²) in [4.78, 5) is 47.2. The van der Waals surface area contributed by atoms with Crippen LogP contribution in [0.3, 0.4) is 0 Å². The average molecular weight is 960 g/mol. The van der Waals surface area contributed by atoms with Crippen LogP contribution in [0.5, 0.6) is 11.5 Å². The van der Waals surface area contributed by atoms with Crippen LogP contribution in [-0.4, -0.2) is 63.0 Å². The number of halogens is 2. The number of sulfone groups is 2. The van der Waals surface area contributed by atoms with Crippen molar-refractivity contribution in [3.05, 3.63) is 171 Å². The minimum absolute atomic E-state index is 0.0207. The van der Waals surface area contributed by atoms with E-state index in [4.69, 9.17) is 23.2 Å². The Hall–Kier alpha value is -6.94. The number of phenolic OH excluding ortho intramolecular Hbond substituents is 2. The molecular weight excluding hydrogens is 916 g/mol. The van der Waals surface area contributed by atoms with Gasteiger partial charge >= 0.3 is 0 Å². The van der Waals surface area contributed by atoms with E-state index in [1.54, 1.807) is 107 Å². The number of phenols is 2. The molecule has 6 aromatic carbocycles. The molecule has 0 bridgehead atoms. The summed E-state index contributed by atoms with van der Waals surface area (Å²) in [6.07, 6.45) is 0.0386. The summed E-state index contributed by atoms with van der Waals surface area (Å²) < 4.78 is 48.6. The fourth-order valence-electron chi connectivity index (χ4n) is 5.82. The first kappa shape index (κ1) is 50.7. The van der Waals surface area contributed by atoms with Crippen molar-refractivity contribution in [3.63, 3.8) is 0 Å². The lowest BCUT2D eigenvalue weighted by molar-refractivity contribution is -0.115. The number of aromatic hydroxyl groups is 2. The molecule has 0 aliphatic carbocycles. The number of carbonyl (C=O) groups excluding carboxylic acids is 4. The van der Waals surface area contributed by atoms with Crippen LogP contribution >= 0.6 is 23.2 Å². The van der Waals surface area contributed by atoms with Crippen LogP contribution in [0, 0.1) is 13.8 Å². The van der Waals surface area contributed by atoms with E-state index in [-0.39, 0.29) is 55.7 Å². The molecule has 6 rings (SSSR count). The standard InChI is InChI=1S/C24H23ClN2O5S.C14H13ClN2O2.C9H8O3S/c1-3-22(33(31,32)17-11-7-8-15(2)12-17)24(30)26-19-14-21(28)20(13-18(19)25)27-23(29)16-9-5-4-6-10-16;1-16-11-8-13(18)12(7-10(11)15)17-14(19)9-5-3-2-4-6-9;1-8-3-2-4-9(7-8)13(11,12)6-5-10/h4-14,22,28H,3H2,1-2H3,(H,26,30)(H,27,29);2-8,16,18H,1H3,(H,17,19);2-4,6-7H,1H3. The lowest BCUT2D eigenvalue weighted by Gasteiger charge is -2.18. The third kappa shape index (κ3) is 14.0. The predicted molar refractivity (Wildman–Crippen MR) is 254 cm³/mol. The largest absolute Gasteiger partial charge is 0.506 e. The molecule has 65 heavy (non-hydrogen) atoms. The van der Waals surface area contributed by atoms with Crippen LogP contribution in [0.15, 0.2) is 149 Å². The Kier molecular flexibility index (Phi) is 18.0. The first-order chi connectivity index (χ1) is 30.8. The summed E-state index contributed by atoms with van der Waals surface area (Å²) in [5, 5.41) is 30.3. The molecule has 6 aromatic rings. The zero-order valence-electron chi connectivity index (χ0n) is 35.3. The average Bonchev–Trinajstić information content (AvgIpc) is 3.27. The van der Waals surface area contributed by atoms with Gasteiger partial charge in [0.1, 0.15) is 28.1 Å². The number of anilines is 4. The summed E-state index contributed by atoms with van der Waals surface area (Å²) in [6.45, 7) is 5.14. The molecule has 338 valence electrons. The second-order valence-corrected chi connectivity index (χ2v) is 18.7. The van der Waals surface area contributed by atoms with Crippen molar-refractivity contribution in [2.24, 2.45) is 0 Å². The molecule has 0 aliphatic rings. The summed E-state index contributed by atoms with van der Waals surface area (Å²) in [6, 6.07) is 35.2. The van der Waals surface area contributed by atoms with Gasteiger partial charge in [0.2, 0.25) is 15.7 Å². The van der Waals surface area contributed by atoms with Crippen molar-refractivity contribution < 1.29 is 46.2 Å². The summed E-state index contributed by atoms with van der Waals surface area (Å²) in [5.74, 6) is -0.648. The Morgan fingerprint density at radius 1 is 0.615 bits per heavy atom. The summed E-state index contributed by atoms with van der Waals surface area (Å²) in [5.41, 5.74) is 3.43. The summed E-state index contributed by atoms with van der Waals surface area (Å²) in [7, 11) is -5.83. The summed E-state index contributed by atoms with van der Waals surface area (Å²) >= 11 is 12.3. The van der Waals surface area contributed by atoms with Gasteiger partial charge in [-0.15, -0.1) is 0 Å². The molecule has 1 atom stereocenters. The van der Waals surface area contributed by atoms with E-state index in [1.807, 2.05) is 6.07 Å². The lowest BCUT2D eigenvalue weighted by Crippen LogP contribution is -2.34. The maximum Gasteiger partial charge on any atom is 0.255 e. The zero-order chi connectivity index (χ0) is 47.9. The van der Waals surface area contributed by atoms with Crippen molar-refractivity contribution in [2.75, 3.05) is 28.3 Å². The van der Waals surface area contributed by atoms with Gasteiger partial charge < -0.3 is 31.5 Å². The van der Waals surface area contributed by atoms with E-state index in [1.165, 1.54) is 48.4 Å². The fraction of sp³-hybridized carbons (Fsp3) is 0.128. The Balaban J connectivity index is 0.000000242. The number of amides is 3. The molecule has 14 nitrogen and oxygen atoms in total. The van der Waals surface area contributed by atoms with Crippen LogP contribution in [0.25, 0.3) is 0 Å². The smallest absolute Gasteiger partial charge is 0.255 e. The van der Waals surface area contributed by atoms with E-state index in [9.17, 15) is 46.2 Å². The van der Waals surface area contributed by atoms with Gasteiger partial charge in [-0.1, -0.05) is 90.8 Å². The Labute approximate surface area is 386 Å². The quantitative estimate of drug-likeness (QED) is 0.0501. The highest BCUT2D eigenvalue weighted by Crippen LogP contribution is 2.35. The molecule has 0 aliphatic heterocycles. The number of hydrogen-bond acceptors (Lipinski definition) is 11. The lowest BCUT2D eigenvalue weighted by atomic mass is 10.2. The van der Waals surface area contributed by atoms with Crippen LogP contribution in [0.1, 0.15) is 45.2 Å². The SMILES string of the molecule is CCC(C(=O)Nc1cc(O)c(NC(=O)c2ccccc2)cc1Cl)S(=O)(=O)c1cccc(C)c1.CNc1cc(O)c(NC(=O)c2ccccc2)cc1Cl.Cc1cccc(S(=O)(=O)C=C=O)c1. The van der Waals surface area contributed by atoms with Crippen LogP contribution in [0.4, 0.5) is 22.7 Å². The van der Waals surface area contributed by atoms with E-state index >= 15 is 0 Å². The van der Waals surface area contributed by atoms with E-state index < -0.39 is 36.7 Å². The van der Waals surface area contributed by atoms with Crippen molar-refractivity contribution >= 4 is 89.3 Å². The second-order valence-electron chi connectivity index (χ2n) is 13.9. The van der Waals surface area contributed by atoms with Gasteiger partial charge in [-0.05, 0) is 92.1 Å². The van der Waals surface area contributed by atoms with E-state index in [2.05, 4.69) is 21.3 Å². The van der Waals surface area contributed by atoms with Gasteiger partial charge in [0.15, 0.2) is 9.84 Å². The minimum Gasteiger partial charge on any atom is -0.506 e. The van der Waals surface area contributed by atoms with Crippen molar-refractivity contribution in [3.8, 4) is 11.5 Å². The van der Waals surface area contributed by atoms with Crippen molar-refractivity contribution in [1.82, 2.24) is 0 Å². The number of benzene rings is 6. The van der Waals surface area contributed by atoms with Gasteiger partial charge in [0, 0.05) is 30.3 Å². The van der Waals surface area contributed by atoms with Gasteiger partial charge in [-0.3, -0.25) is 14.4 Å². The zero-order valence-corrected chi connectivity index (χ0v) is 38.4. The number of carbonyl (C=O) groups is 3. The van der Waals surface area contributed by atoms with E-state index in [0.29, 0.717) is 27.2 Å². The van der Waals surface area contributed by atoms with Crippen molar-refractivity contribution in [1.29, 1.82) is 0 Å². The molecule has 0 radical (unpaired) electrons. The predicted octanol–water partition coefficient (Wildman–Crippen LogP) is 9.25. The van der Waals surface area contributed by atoms with Crippen LogP contribution < -0.4 is 21.3 Å². The van der Waals surface area contributed by atoms with E-state index in [0.717, 1.165) is 17.2 Å². The molecule has 0 aromatic heterocycles. The van der Waals surface area contributed by atoms with Gasteiger partial charge in [-0.25, -0.2) is 21.6 Å². The molecular formula is C47H44Cl2N4O10S2. The highest BCUT2D eigenvalue weighted by atomic mass is 35.5. The number of aryl methyl sites for hydroxylation is 2. The molecule has 0 heterocycles. The third-order valence-electron chi connectivity index (χ3n) is 9.14. The number of hydrogen-bond donors (Lipinski definition) is 6. The van der Waals surface area contributed by atoms with Gasteiger partial charge in [-0.2, -0.15) is 0 Å². The minimum atomic E-state index is -3.95. The normalized spacial score (nSPS) is 11.2. The Bertz CT molecular complexity index is 2950. The molecule has 18 heteroatoms. The van der Waals surface area contributed by atoms with Crippen LogP contribution in [0.2, 0.25) is 10.0 Å². The highest BCUT2D eigenvalue weighted by molar-refractivity contribution is 7.94. The molecule has 0 fully saturated rings. The maximum absolute atomic E-state index is 13.0. The molecule has 0 spiro atoms. The fourth-order valence-corrected chi connectivity index (χ4v) is 8.90. The molecule has 3 amide bonds. The van der Waals surface area contributed by atoms with Gasteiger partial charge in [0.25, 0.3) is 11.8 Å². The molecule has 1 unspecified atom stereocenters. The maximum atomic E-state index is 13.0. The first-order valence-corrected chi connectivity index (χ1v) is 23.3. The van der Waals surface area contributed by atoms with Crippen LogP contribution in [-0.2, 0) is 29.3 Å². The molecule has 0 saturated carbocycles. The number of nitrogens with one attached hydrogen (secondary N) is 4. The second kappa shape index (κ2) is 23.1. The Morgan fingerprint density at radius 2 is 1.06 bits per heavy atom. The Morgan fingerprint density at radius 3 is 1.51 bits per heavy atom. The molecule has 6 N–H and O–H groups in total. The first-order valence-electron chi connectivity index (χ1n) is 19.4. The monoisotopic (exact) mass is 958 g/mol.